The lowest BCUT2D eigenvalue weighted by molar-refractivity contribution is -0.146. The number of carbonyl (C=O) groups is 1. The third-order valence-electron chi connectivity index (χ3n) is 6.65. The van der Waals surface area contributed by atoms with Crippen molar-refractivity contribution in [1.82, 2.24) is 14.6 Å². The molecule has 7 atom stereocenters. The molecule has 2 unspecified atom stereocenters. The van der Waals surface area contributed by atoms with Crippen LogP contribution in [0.1, 0.15) is 18.5 Å². The third kappa shape index (κ3) is 5.65. The molecule has 1 saturated heterocycles. The van der Waals surface area contributed by atoms with E-state index in [1.54, 1.807) is 42.5 Å². The number of nitrogens with zero attached hydrogens (tertiary/aromatic N) is 2. The van der Waals surface area contributed by atoms with Crippen molar-refractivity contribution in [3.63, 3.8) is 0 Å². The number of fused-ring (bicyclic) bond motifs is 1. The lowest BCUT2D eigenvalue weighted by Gasteiger charge is -2.26. The van der Waals surface area contributed by atoms with Gasteiger partial charge in [-0.15, -0.1) is 0 Å². The largest absolute Gasteiger partial charge is 0.460 e. The van der Waals surface area contributed by atoms with Gasteiger partial charge >= 0.3 is 19.4 Å². The molecule has 1 saturated carbocycles. The van der Waals surface area contributed by atoms with E-state index < -0.39 is 62.1 Å². The standard InChI is InChI=1S/C26H28FN4O8P/c1-16(24(33)36-14-17-8-4-2-5-9-17)30-40(35,39-18-10-6-3-7-11-18)37-15-19-22(32)26(27)21(23(26)38-19)31-13-12-20(28)29-25(31)34/h2-13,16,19,21-23,32H,14-15H2,1H3,(H,30,35)(H2,28,29,34)/t16-,19+,21+,22?,23?,26+,40-/m0/s1. The summed E-state index contributed by atoms with van der Waals surface area (Å²) in [5.74, 6) is -0.556. The first-order valence-corrected chi connectivity index (χ1v) is 14.0. The fourth-order valence-corrected chi connectivity index (χ4v) is 6.05. The Kier molecular flexibility index (Phi) is 7.76. The van der Waals surface area contributed by atoms with Gasteiger partial charge < -0.3 is 24.8 Å². The van der Waals surface area contributed by atoms with Crippen molar-refractivity contribution in [2.75, 3.05) is 12.3 Å². The van der Waals surface area contributed by atoms with Gasteiger partial charge in [0.1, 0.15) is 48.6 Å². The highest BCUT2D eigenvalue weighted by molar-refractivity contribution is 7.52. The zero-order valence-corrected chi connectivity index (χ0v) is 22.2. The summed E-state index contributed by atoms with van der Waals surface area (Å²) in [5.41, 5.74) is 3.19. The number of halogens is 1. The summed E-state index contributed by atoms with van der Waals surface area (Å²) in [4.78, 5) is 28.3. The fraction of sp³-hybridized carbons (Fsp3) is 0.346. The van der Waals surface area contributed by atoms with E-state index in [1.807, 2.05) is 6.07 Å². The molecule has 0 amide bonds. The first-order valence-electron chi connectivity index (χ1n) is 12.5. The number of alkyl halides is 1. The molecule has 5 rings (SSSR count). The van der Waals surface area contributed by atoms with Crippen LogP contribution in [-0.4, -0.2) is 57.3 Å². The maximum absolute atomic E-state index is 15.6. The number of anilines is 1. The van der Waals surface area contributed by atoms with Crippen LogP contribution in [0.25, 0.3) is 0 Å². The molecule has 0 radical (unpaired) electrons. The highest BCUT2D eigenvalue weighted by atomic mass is 31.2. The maximum Gasteiger partial charge on any atom is 0.459 e. The van der Waals surface area contributed by atoms with Gasteiger partial charge in [-0.25, -0.2) is 13.8 Å². The van der Waals surface area contributed by atoms with E-state index in [2.05, 4.69) is 10.1 Å². The Morgan fingerprint density at radius 2 is 1.90 bits per heavy atom. The van der Waals surface area contributed by atoms with Gasteiger partial charge in [-0.2, -0.15) is 10.1 Å². The molecule has 1 aliphatic heterocycles. The number of nitrogen functional groups attached to an aromatic ring is 1. The highest BCUT2D eigenvalue weighted by Gasteiger charge is 2.79. The van der Waals surface area contributed by atoms with E-state index >= 15 is 4.39 Å². The van der Waals surface area contributed by atoms with E-state index in [9.17, 15) is 19.3 Å². The normalized spacial score (nSPS) is 27.3. The van der Waals surface area contributed by atoms with Crippen molar-refractivity contribution in [3.8, 4) is 5.75 Å². The van der Waals surface area contributed by atoms with Crippen molar-refractivity contribution >= 4 is 19.5 Å². The minimum absolute atomic E-state index is 0.00620. The number of rotatable bonds is 11. The van der Waals surface area contributed by atoms with E-state index in [0.717, 1.165) is 10.1 Å². The number of aliphatic hydroxyl groups excluding tert-OH is 1. The highest BCUT2D eigenvalue weighted by Crippen LogP contribution is 2.61. The van der Waals surface area contributed by atoms with Crippen LogP contribution < -0.4 is 21.0 Å². The van der Waals surface area contributed by atoms with Gasteiger partial charge in [0.25, 0.3) is 0 Å². The van der Waals surface area contributed by atoms with E-state index in [-0.39, 0.29) is 18.2 Å². The maximum atomic E-state index is 15.6. The van der Waals surface area contributed by atoms with Crippen molar-refractivity contribution in [3.05, 3.63) is 89.0 Å². The topological polar surface area (TPSA) is 164 Å². The molecule has 2 heterocycles. The lowest BCUT2D eigenvalue weighted by Crippen LogP contribution is -2.40. The number of aliphatic hydroxyl groups is 1. The molecular weight excluding hydrogens is 546 g/mol. The second kappa shape index (κ2) is 11.1. The van der Waals surface area contributed by atoms with Gasteiger partial charge in [-0.05, 0) is 30.7 Å². The minimum atomic E-state index is -4.28. The summed E-state index contributed by atoms with van der Waals surface area (Å²) in [6.45, 7) is 0.882. The van der Waals surface area contributed by atoms with Crippen LogP contribution in [0.2, 0.25) is 0 Å². The van der Waals surface area contributed by atoms with Crippen LogP contribution in [0.3, 0.4) is 0 Å². The number of nitrogens with two attached hydrogens (primary N) is 1. The number of nitrogens with one attached hydrogen (secondary N) is 1. The Hall–Kier alpha value is -3.61. The van der Waals surface area contributed by atoms with Gasteiger partial charge in [0.15, 0.2) is 5.67 Å². The Morgan fingerprint density at radius 3 is 2.52 bits per heavy atom. The molecule has 2 aromatic carbocycles. The Labute approximate surface area is 228 Å². The fourth-order valence-electron chi connectivity index (χ4n) is 4.55. The van der Waals surface area contributed by atoms with Crippen LogP contribution in [0, 0.1) is 0 Å². The molecule has 0 spiro atoms. The number of esters is 1. The van der Waals surface area contributed by atoms with Crippen molar-refractivity contribution in [2.24, 2.45) is 0 Å². The molecule has 1 aliphatic carbocycles. The van der Waals surface area contributed by atoms with Gasteiger partial charge in [0.2, 0.25) is 0 Å². The minimum Gasteiger partial charge on any atom is -0.460 e. The molecule has 0 bridgehead atoms. The van der Waals surface area contributed by atoms with Crippen LogP contribution >= 0.6 is 7.75 Å². The molecule has 40 heavy (non-hydrogen) atoms. The number of carbonyl (C=O) groups excluding carboxylic acids is 1. The number of ether oxygens (including phenoxy) is 2. The van der Waals surface area contributed by atoms with Gasteiger partial charge in [0.05, 0.1) is 6.61 Å². The first-order chi connectivity index (χ1) is 19.1. The zero-order valence-electron chi connectivity index (χ0n) is 21.3. The first kappa shape index (κ1) is 27.9. The number of aromatic nitrogens is 2. The van der Waals surface area contributed by atoms with Crippen LogP contribution in [0.4, 0.5) is 10.2 Å². The molecule has 2 aliphatic rings. The third-order valence-corrected chi connectivity index (χ3v) is 8.30. The summed E-state index contributed by atoms with van der Waals surface area (Å²) >= 11 is 0. The number of hydrogen-bond acceptors (Lipinski definition) is 10. The SMILES string of the molecule is C[C@H](N[P@](=O)(OC[C@H]1OC2[C@@H](n3ccc(N)nc3=O)[C@@]2(F)C1O)Oc1ccccc1)C(=O)OCc1ccccc1. The molecule has 12 nitrogen and oxygen atoms in total. The Morgan fingerprint density at radius 1 is 1.23 bits per heavy atom. The Bertz CT molecular complexity index is 1460. The molecule has 212 valence electrons. The van der Waals surface area contributed by atoms with E-state index in [4.69, 9.17) is 24.3 Å². The molecule has 14 heteroatoms. The lowest BCUT2D eigenvalue weighted by atomic mass is 10.1. The monoisotopic (exact) mass is 574 g/mol. The summed E-state index contributed by atoms with van der Waals surface area (Å²) < 4.78 is 52.4. The summed E-state index contributed by atoms with van der Waals surface area (Å²) in [7, 11) is -4.28. The molecule has 2 fully saturated rings. The zero-order chi connectivity index (χ0) is 28.5. The second-order valence-electron chi connectivity index (χ2n) is 9.50. The molecular formula is C26H28FN4O8P. The van der Waals surface area contributed by atoms with E-state index in [0.29, 0.717) is 0 Å². The van der Waals surface area contributed by atoms with Crippen molar-refractivity contribution in [1.29, 1.82) is 0 Å². The van der Waals surface area contributed by atoms with Gasteiger partial charge in [-0.3, -0.25) is 13.9 Å². The second-order valence-corrected chi connectivity index (χ2v) is 11.2. The van der Waals surface area contributed by atoms with Crippen molar-refractivity contribution < 1.29 is 37.4 Å². The average Bonchev–Trinajstić information content (AvgIpc) is 3.44. The smallest absolute Gasteiger partial charge is 0.459 e. The molecule has 3 aromatic rings. The van der Waals surface area contributed by atoms with Crippen LogP contribution in [0.5, 0.6) is 5.75 Å². The quantitative estimate of drug-likeness (QED) is 0.227. The van der Waals surface area contributed by atoms with Crippen LogP contribution in [-0.2, 0) is 30.0 Å². The van der Waals surface area contributed by atoms with Gasteiger partial charge in [-0.1, -0.05) is 48.5 Å². The summed E-state index contributed by atoms with van der Waals surface area (Å²) in [5, 5.41) is 13.2. The predicted octanol–water partition coefficient (Wildman–Crippen LogP) is 2.14. The molecule has 4 N–H and O–H groups in total. The molecule has 1 aromatic heterocycles. The van der Waals surface area contributed by atoms with Crippen molar-refractivity contribution in [2.45, 2.75) is 49.6 Å². The van der Waals surface area contributed by atoms with Gasteiger partial charge in [0, 0.05) is 6.20 Å². The average molecular weight is 575 g/mol. The number of benzene rings is 2. The summed E-state index contributed by atoms with van der Waals surface area (Å²) in [6.07, 6.45) is -2.84. The van der Waals surface area contributed by atoms with Crippen LogP contribution in [0.15, 0.2) is 77.7 Å². The number of hydrogen-bond donors (Lipinski definition) is 3. The number of para-hydroxylation sites is 1. The Balaban J connectivity index is 1.24. The van der Waals surface area contributed by atoms with E-state index in [1.165, 1.54) is 31.3 Å². The predicted molar refractivity (Wildman–Crippen MR) is 140 cm³/mol. The summed E-state index contributed by atoms with van der Waals surface area (Å²) in [6, 6.07) is 16.2.